The van der Waals surface area contributed by atoms with Crippen LogP contribution in [0.5, 0.6) is 5.75 Å². The molecule has 0 bridgehead atoms. The number of hydrogen-bond donors (Lipinski definition) is 1. The fraction of sp³-hybridized carbons (Fsp3) is 0.643. The van der Waals surface area contributed by atoms with Gasteiger partial charge in [-0.2, -0.15) is 0 Å². The molecule has 1 atom stereocenters. The number of aromatic nitrogens is 1. The molecule has 0 saturated carbocycles. The highest BCUT2D eigenvalue weighted by Crippen LogP contribution is 2.19. The highest BCUT2D eigenvalue weighted by molar-refractivity contribution is 5.27. The Balaban J connectivity index is 1.89. The molecule has 0 amide bonds. The van der Waals surface area contributed by atoms with Crippen LogP contribution in [0.1, 0.15) is 24.2 Å². The minimum absolute atomic E-state index is 0.285. The van der Waals surface area contributed by atoms with Crippen molar-refractivity contribution in [2.24, 2.45) is 5.92 Å². The van der Waals surface area contributed by atoms with Crippen LogP contribution in [0.25, 0.3) is 0 Å². The third-order valence-corrected chi connectivity index (χ3v) is 3.33. The topological polar surface area (TPSA) is 45.6 Å². The largest absolute Gasteiger partial charge is 0.506 e. The van der Waals surface area contributed by atoms with Crippen molar-refractivity contribution in [1.29, 1.82) is 0 Å². The fourth-order valence-corrected chi connectivity index (χ4v) is 2.43. The van der Waals surface area contributed by atoms with Crippen LogP contribution in [0, 0.1) is 12.8 Å². The molecule has 4 nitrogen and oxygen atoms in total. The summed E-state index contributed by atoms with van der Waals surface area (Å²) in [6.45, 7) is 5.38. The van der Waals surface area contributed by atoms with Gasteiger partial charge in [0.15, 0.2) is 0 Å². The van der Waals surface area contributed by atoms with E-state index < -0.39 is 0 Å². The zero-order valence-corrected chi connectivity index (χ0v) is 11.2. The lowest BCUT2D eigenvalue weighted by Gasteiger charge is -2.27. The highest BCUT2D eigenvalue weighted by Gasteiger charge is 2.16. The second-order valence-corrected chi connectivity index (χ2v) is 5.20. The lowest BCUT2D eigenvalue weighted by Crippen LogP contribution is -2.30. The Labute approximate surface area is 109 Å². The van der Waals surface area contributed by atoms with Crippen molar-refractivity contribution >= 4 is 0 Å². The maximum absolute atomic E-state index is 9.78. The van der Waals surface area contributed by atoms with E-state index in [9.17, 15) is 5.11 Å². The molecular formula is C14H22N2O2. The zero-order chi connectivity index (χ0) is 13.0. The number of rotatable bonds is 4. The lowest BCUT2D eigenvalue weighted by molar-refractivity contribution is 0.0409. The van der Waals surface area contributed by atoms with Gasteiger partial charge in [0, 0.05) is 25.4 Å². The van der Waals surface area contributed by atoms with Gasteiger partial charge in [-0.05, 0) is 44.9 Å². The molecule has 1 aromatic rings. The highest BCUT2D eigenvalue weighted by atomic mass is 16.5. The SMILES string of the molecule is Cc1ccc(O)c(CN(C)CC2CCCOC2)n1. The summed E-state index contributed by atoms with van der Waals surface area (Å²) in [5, 5.41) is 9.78. The summed E-state index contributed by atoms with van der Waals surface area (Å²) in [5.41, 5.74) is 1.70. The summed E-state index contributed by atoms with van der Waals surface area (Å²) in [6.07, 6.45) is 2.39. The first-order chi connectivity index (χ1) is 8.65. The van der Waals surface area contributed by atoms with Crippen LogP contribution in [0.3, 0.4) is 0 Å². The summed E-state index contributed by atoms with van der Waals surface area (Å²) >= 11 is 0. The molecule has 1 aromatic heterocycles. The van der Waals surface area contributed by atoms with Crippen molar-refractivity contribution in [2.45, 2.75) is 26.3 Å². The summed E-state index contributed by atoms with van der Waals surface area (Å²) in [7, 11) is 2.07. The molecule has 0 aromatic carbocycles. The van der Waals surface area contributed by atoms with E-state index in [0.29, 0.717) is 12.5 Å². The average molecular weight is 250 g/mol. The Morgan fingerprint density at radius 3 is 3.06 bits per heavy atom. The van der Waals surface area contributed by atoms with E-state index in [4.69, 9.17) is 4.74 Å². The van der Waals surface area contributed by atoms with Crippen LogP contribution in [0.15, 0.2) is 12.1 Å². The Hall–Kier alpha value is -1.13. The van der Waals surface area contributed by atoms with Crippen molar-refractivity contribution < 1.29 is 9.84 Å². The van der Waals surface area contributed by atoms with E-state index in [-0.39, 0.29) is 5.75 Å². The van der Waals surface area contributed by atoms with Gasteiger partial charge in [-0.1, -0.05) is 0 Å². The van der Waals surface area contributed by atoms with Crippen molar-refractivity contribution in [3.63, 3.8) is 0 Å². The standard InChI is InChI=1S/C14H22N2O2/c1-11-5-6-14(17)13(15-11)9-16(2)8-12-4-3-7-18-10-12/h5-6,12,17H,3-4,7-10H2,1-2H3. The van der Waals surface area contributed by atoms with Crippen LogP contribution in [0.2, 0.25) is 0 Å². The Morgan fingerprint density at radius 1 is 1.50 bits per heavy atom. The smallest absolute Gasteiger partial charge is 0.138 e. The van der Waals surface area contributed by atoms with Crippen molar-refractivity contribution in [3.05, 3.63) is 23.5 Å². The number of hydrogen-bond acceptors (Lipinski definition) is 4. The summed E-state index contributed by atoms with van der Waals surface area (Å²) in [6, 6.07) is 3.54. The second kappa shape index (κ2) is 6.16. The molecule has 0 radical (unpaired) electrons. The Bertz CT molecular complexity index is 389. The second-order valence-electron chi connectivity index (χ2n) is 5.20. The maximum atomic E-state index is 9.78. The molecule has 1 unspecified atom stereocenters. The van der Waals surface area contributed by atoms with E-state index in [1.54, 1.807) is 6.07 Å². The minimum atomic E-state index is 0.285. The quantitative estimate of drug-likeness (QED) is 0.887. The van der Waals surface area contributed by atoms with Crippen molar-refractivity contribution in [3.8, 4) is 5.75 Å². The van der Waals surface area contributed by atoms with Gasteiger partial charge in [-0.15, -0.1) is 0 Å². The molecule has 1 N–H and O–H groups in total. The summed E-state index contributed by atoms with van der Waals surface area (Å²) < 4.78 is 5.48. The monoisotopic (exact) mass is 250 g/mol. The first-order valence-electron chi connectivity index (χ1n) is 6.57. The zero-order valence-electron chi connectivity index (χ0n) is 11.2. The Morgan fingerprint density at radius 2 is 2.33 bits per heavy atom. The predicted octanol–water partition coefficient (Wildman–Crippen LogP) is 1.95. The molecule has 1 saturated heterocycles. The number of aromatic hydroxyl groups is 1. The Kier molecular flexibility index (Phi) is 4.55. The van der Waals surface area contributed by atoms with Crippen LogP contribution in [-0.2, 0) is 11.3 Å². The number of aryl methyl sites for hydroxylation is 1. The molecule has 0 spiro atoms. The number of nitrogens with zero attached hydrogens (tertiary/aromatic N) is 2. The normalized spacial score (nSPS) is 20.3. The van der Waals surface area contributed by atoms with Crippen molar-refractivity contribution in [2.75, 3.05) is 26.8 Å². The van der Waals surface area contributed by atoms with Crippen LogP contribution >= 0.6 is 0 Å². The van der Waals surface area contributed by atoms with E-state index in [2.05, 4.69) is 16.9 Å². The first kappa shape index (κ1) is 13.3. The molecule has 2 heterocycles. The molecule has 1 aliphatic heterocycles. The van der Waals surface area contributed by atoms with Gasteiger partial charge in [-0.25, -0.2) is 0 Å². The number of ether oxygens (including phenoxy) is 1. The van der Waals surface area contributed by atoms with Gasteiger partial charge in [-0.3, -0.25) is 4.98 Å². The molecule has 1 fully saturated rings. The predicted molar refractivity (Wildman–Crippen MR) is 70.5 cm³/mol. The summed E-state index contributed by atoms with van der Waals surface area (Å²) in [5.74, 6) is 0.892. The van der Waals surface area contributed by atoms with Gasteiger partial charge in [0.2, 0.25) is 0 Å². The van der Waals surface area contributed by atoms with E-state index >= 15 is 0 Å². The van der Waals surface area contributed by atoms with Gasteiger partial charge in [0.05, 0.1) is 12.3 Å². The summed E-state index contributed by atoms with van der Waals surface area (Å²) in [4.78, 5) is 6.59. The molecule has 18 heavy (non-hydrogen) atoms. The molecule has 100 valence electrons. The van der Waals surface area contributed by atoms with E-state index in [1.807, 2.05) is 13.0 Å². The van der Waals surface area contributed by atoms with Gasteiger partial charge >= 0.3 is 0 Å². The van der Waals surface area contributed by atoms with Gasteiger partial charge in [0.25, 0.3) is 0 Å². The van der Waals surface area contributed by atoms with E-state index in [1.165, 1.54) is 6.42 Å². The average Bonchev–Trinajstić information content (AvgIpc) is 2.35. The third-order valence-electron chi connectivity index (χ3n) is 3.33. The number of pyridine rings is 1. The molecule has 4 heteroatoms. The third kappa shape index (κ3) is 3.68. The van der Waals surface area contributed by atoms with Gasteiger partial charge in [0.1, 0.15) is 5.75 Å². The lowest BCUT2D eigenvalue weighted by atomic mass is 10.0. The molecular weight excluding hydrogens is 228 g/mol. The first-order valence-corrected chi connectivity index (χ1v) is 6.57. The van der Waals surface area contributed by atoms with Crippen LogP contribution in [-0.4, -0.2) is 41.8 Å². The molecule has 1 aliphatic rings. The maximum Gasteiger partial charge on any atom is 0.138 e. The van der Waals surface area contributed by atoms with Crippen LogP contribution in [0.4, 0.5) is 0 Å². The van der Waals surface area contributed by atoms with E-state index in [0.717, 1.165) is 37.6 Å². The molecule has 2 rings (SSSR count). The van der Waals surface area contributed by atoms with Crippen LogP contribution < -0.4 is 0 Å². The van der Waals surface area contributed by atoms with Gasteiger partial charge < -0.3 is 14.7 Å². The fourth-order valence-electron chi connectivity index (χ4n) is 2.43. The molecule has 0 aliphatic carbocycles. The minimum Gasteiger partial charge on any atom is -0.506 e. The van der Waals surface area contributed by atoms with Crippen molar-refractivity contribution in [1.82, 2.24) is 9.88 Å².